The van der Waals surface area contributed by atoms with E-state index in [1.54, 1.807) is 0 Å². The molecule has 0 N–H and O–H groups in total. The largest absolute Gasteiger partial charge is 1.00 e. The highest BCUT2D eigenvalue weighted by Gasteiger charge is 2.45. The minimum Gasteiger partial charge on any atom is -1.00 e. The van der Waals surface area contributed by atoms with Gasteiger partial charge in [-0.25, -0.2) is 0 Å². The number of halogens is 3. The van der Waals surface area contributed by atoms with Crippen LogP contribution >= 0.6 is 30.5 Å². The fourth-order valence-corrected chi connectivity index (χ4v) is 8.51. The summed E-state index contributed by atoms with van der Waals surface area (Å²) in [6, 6.07) is 38.3. The molecule has 0 radical (unpaired) electrons. The first-order valence-electron chi connectivity index (χ1n) is 9.19. The summed E-state index contributed by atoms with van der Waals surface area (Å²) in [5.74, 6) is 0. The fraction of sp³-hybridized carbons (Fsp3) is 0.0400. The summed E-state index contributed by atoms with van der Waals surface area (Å²) in [5.41, 5.74) is 1.12. The second kappa shape index (κ2) is 9.92. The minimum absolute atomic E-state index is 0. The average molecular weight is 502 g/mol. The standard InChI is InChI=1S/C25H20Cl2P.BrH/c26-21-17-16-20(25(27)18-21)19-28(22-10-4-1-5-11-22,23-12-6-2-7-13-23)24-14-8-3-9-15-24;/h1-18H,19H2;1H/q+1;/p-1. The molecule has 0 nitrogen and oxygen atoms in total. The molecule has 0 aliphatic carbocycles. The molecule has 0 spiro atoms. The Morgan fingerprint density at radius 1 is 0.552 bits per heavy atom. The molecular weight excluding hydrogens is 482 g/mol. The molecule has 0 saturated heterocycles. The molecule has 0 aromatic heterocycles. The maximum absolute atomic E-state index is 6.63. The zero-order valence-corrected chi connectivity index (χ0v) is 19.7. The number of hydrogen-bond acceptors (Lipinski definition) is 0. The lowest BCUT2D eigenvalue weighted by Crippen LogP contribution is -3.00. The maximum Gasteiger partial charge on any atom is 0.116 e. The molecule has 4 aromatic carbocycles. The van der Waals surface area contributed by atoms with Gasteiger partial charge in [-0.2, -0.15) is 0 Å². The quantitative estimate of drug-likeness (QED) is 0.367. The predicted octanol–water partition coefficient (Wildman–Crippen LogP) is 3.49. The maximum atomic E-state index is 6.63. The van der Waals surface area contributed by atoms with Gasteiger partial charge in [-0.15, -0.1) is 0 Å². The first-order chi connectivity index (χ1) is 13.7. The first kappa shape index (κ1) is 22.1. The molecule has 0 heterocycles. The van der Waals surface area contributed by atoms with Gasteiger partial charge in [0.15, 0.2) is 0 Å². The van der Waals surface area contributed by atoms with Crippen molar-refractivity contribution in [1.82, 2.24) is 0 Å². The van der Waals surface area contributed by atoms with Crippen LogP contribution in [0.2, 0.25) is 10.0 Å². The number of rotatable bonds is 5. The highest BCUT2D eigenvalue weighted by molar-refractivity contribution is 7.95. The lowest BCUT2D eigenvalue weighted by Gasteiger charge is -2.28. The normalized spacial score (nSPS) is 11.0. The van der Waals surface area contributed by atoms with Gasteiger partial charge in [0, 0.05) is 15.6 Å². The average Bonchev–Trinajstić information content (AvgIpc) is 2.75. The Labute approximate surface area is 193 Å². The van der Waals surface area contributed by atoms with Crippen LogP contribution in [0.4, 0.5) is 0 Å². The molecule has 4 rings (SSSR count). The third-order valence-electron chi connectivity index (χ3n) is 5.01. The van der Waals surface area contributed by atoms with Crippen molar-refractivity contribution in [2.45, 2.75) is 6.16 Å². The summed E-state index contributed by atoms with van der Waals surface area (Å²) < 4.78 is 0. The summed E-state index contributed by atoms with van der Waals surface area (Å²) in [4.78, 5) is 0. The van der Waals surface area contributed by atoms with Crippen molar-refractivity contribution < 1.29 is 17.0 Å². The zero-order chi connectivity index (χ0) is 19.4. The van der Waals surface area contributed by atoms with Crippen molar-refractivity contribution in [2.24, 2.45) is 0 Å². The second-order valence-corrected chi connectivity index (χ2v) is 11.0. The Balaban J connectivity index is 0.00000240. The first-order valence-corrected chi connectivity index (χ1v) is 11.9. The van der Waals surface area contributed by atoms with Gasteiger partial charge >= 0.3 is 0 Å². The molecule has 0 bridgehead atoms. The Bertz CT molecular complexity index is 957. The predicted molar refractivity (Wildman–Crippen MR) is 125 cm³/mol. The third-order valence-corrected chi connectivity index (χ3v) is 9.95. The van der Waals surface area contributed by atoms with Crippen LogP contribution in [0.3, 0.4) is 0 Å². The van der Waals surface area contributed by atoms with Crippen molar-refractivity contribution in [3.05, 3.63) is 125 Å². The molecule has 0 unspecified atom stereocenters. The van der Waals surface area contributed by atoms with E-state index >= 15 is 0 Å². The van der Waals surface area contributed by atoms with E-state index in [2.05, 4.69) is 97.1 Å². The van der Waals surface area contributed by atoms with Crippen molar-refractivity contribution in [2.75, 3.05) is 0 Å². The van der Waals surface area contributed by atoms with E-state index in [0.29, 0.717) is 5.02 Å². The van der Waals surface area contributed by atoms with E-state index in [1.165, 1.54) is 15.9 Å². The van der Waals surface area contributed by atoms with Crippen molar-refractivity contribution in [1.29, 1.82) is 0 Å². The molecule has 0 atom stereocenters. The van der Waals surface area contributed by atoms with E-state index in [-0.39, 0.29) is 17.0 Å². The molecular formula is C25H20BrCl2P. The highest BCUT2D eigenvalue weighted by atomic mass is 79.9. The zero-order valence-electron chi connectivity index (χ0n) is 15.7. The third kappa shape index (κ3) is 4.60. The van der Waals surface area contributed by atoms with E-state index < -0.39 is 7.26 Å². The molecule has 0 aliphatic rings. The van der Waals surface area contributed by atoms with Crippen LogP contribution in [0.15, 0.2) is 109 Å². The minimum atomic E-state index is -1.94. The topological polar surface area (TPSA) is 0 Å². The van der Waals surface area contributed by atoms with Crippen LogP contribution in [-0.4, -0.2) is 0 Å². The van der Waals surface area contributed by atoms with Crippen molar-refractivity contribution in [3.63, 3.8) is 0 Å². The van der Waals surface area contributed by atoms with Crippen LogP contribution < -0.4 is 32.9 Å². The summed E-state index contributed by atoms with van der Waals surface area (Å²) in [6.45, 7) is 0. The van der Waals surface area contributed by atoms with E-state index in [1.807, 2.05) is 12.1 Å². The Morgan fingerprint density at radius 2 is 0.966 bits per heavy atom. The van der Waals surface area contributed by atoms with Crippen molar-refractivity contribution in [3.8, 4) is 0 Å². The lowest BCUT2D eigenvalue weighted by atomic mass is 10.2. The molecule has 0 amide bonds. The van der Waals surface area contributed by atoms with Gasteiger partial charge in [0.2, 0.25) is 0 Å². The van der Waals surface area contributed by atoms with E-state index in [9.17, 15) is 0 Å². The molecule has 146 valence electrons. The van der Waals surface area contributed by atoms with Crippen LogP contribution in [0.1, 0.15) is 5.56 Å². The number of benzene rings is 4. The van der Waals surface area contributed by atoms with E-state index in [4.69, 9.17) is 23.2 Å². The fourth-order valence-electron chi connectivity index (χ4n) is 3.67. The van der Waals surface area contributed by atoms with Gasteiger partial charge in [0.05, 0.1) is 6.16 Å². The summed E-state index contributed by atoms with van der Waals surface area (Å²) >= 11 is 12.8. The van der Waals surface area contributed by atoms with Gasteiger partial charge in [0.1, 0.15) is 23.2 Å². The Kier molecular flexibility index (Phi) is 7.55. The van der Waals surface area contributed by atoms with E-state index in [0.717, 1.165) is 16.7 Å². The molecule has 0 saturated carbocycles. The van der Waals surface area contributed by atoms with Gasteiger partial charge in [0.25, 0.3) is 0 Å². The molecule has 0 aliphatic heterocycles. The summed E-state index contributed by atoms with van der Waals surface area (Å²) in [7, 11) is -1.94. The van der Waals surface area contributed by atoms with Crippen LogP contribution in [0.25, 0.3) is 0 Å². The Morgan fingerprint density at radius 3 is 1.34 bits per heavy atom. The Hall–Kier alpha value is -1.63. The molecule has 4 heteroatoms. The van der Waals surface area contributed by atoms with Gasteiger partial charge in [-0.05, 0) is 48.5 Å². The summed E-state index contributed by atoms with van der Waals surface area (Å²) in [5, 5.41) is 5.42. The SMILES string of the molecule is Clc1ccc(C[P+](c2ccccc2)(c2ccccc2)c2ccccc2)c(Cl)c1.[Br-]. The highest BCUT2D eigenvalue weighted by Crippen LogP contribution is 2.58. The summed E-state index contributed by atoms with van der Waals surface area (Å²) in [6.07, 6.45) is 0.848. The smallest absolute Gasteiger partial charge is 0.116 e. The lowest BCUT2D eigenvalue weighted by molar-refractivity contribution is -0.00000524. The van der Waals surface area contributed by atoms with Crippen LogP contribution in [0, 0.1) is 0 Å². The van der Waals surface area contributed by atoms with Crippen molar-refractivity contribution >= 4 is 46.4 Å². The van der Waals surface area contributed by atoms with Crippen LogP contribution in [-0.2, 0) is 6.16 Å². The monoisotopic (exact) mass is 500 g/mol. The molecule has 29 heavy (non-hydrogen) atoms. The van der Waals surface area contributed by atoms with Gasteiger partial charge in [-0.3, -0.25) is 0 Å². The molecule has 0 fully saturated rings. The second-order valence-electron chi connectivity index (χ2n) is 6.71. The molecule has 4 aromatic rings. The number of hydrogen-bond donors (Lipinski definition) is 0. The van der Waals surface area contributed by atoms with Gasteiger partial charge in [-0.1, -0.05) is 83.9 Å². The van der Waals surface area contributed by atoms with Gasteiger partial charge < -0.3 is 17.0 Å². The van der Waals surface area contributed by atoms with Crippen LogP contribution in [0.5, 0.6) is 0 Å².